The van der Waals surface area contributed by atoms with Crippen LogP contribution < -0.4 is 10.9 Å². The number of anilines is 1. The highest BCUT2D eigenvalue weighted by Gasteiger charge is 2.33. The molecule has 0 spiro atoms. The molecule has 1 fully saturated rings. The van der Waals surface area contributed by atoms with Crippen molar-refractivity contribution in [2.24, 2.45) is 0 Å². The van der Waals surface area contributed by atoms with Gasteiger partial charge >= 0.3 is 0 Å². The Morgan fingerprint density at radius 2 is 2.00 bits per heavy atom. The Bertz CT molecular complexity index is 1400. The second-order valence-electron chi connectivity index (χ2n) is 8.62. The van der Waals surface area contributed by atoms with E-state index in [1.165, 1.54) is 9.30 Å². The number of ether oxygens (including phenoxy) is 1. The fraction of sp³-hybridized carbons (Fsp3) is 0.308. The number of hydrogen-bond acceptors (Lipinski definition) is 7. The smallest absolute Gasteiger partial charge is 0.267 e. The van der Waals surface area contributed by atoms with E-state index in [1.807, 2.05) is 45.0 Å². The van der Waals surface area contributed by atoms with Crippen LogP contribution in [-0.2, 0) is 16.1 Å². The van der Waals surface area contributed by atoms with Gasteiger partial charge in [0.1, 0.15) is 15.8 Å². The van der Waals surface area contributed by atoms with Crippen molar-refractivity contribution in [1.82, 2.24) is 14.3 Å². The quantitative estimate of drug-likeness (QED) is 0.224. The lowest BCUT2D eigenvalue weighted by molar-refractivity contribution is -0.122. The molecule has 0 saturated carbocycles. The topological polar surface area (TPSA) is 75.9 Å². The number of thiocarbonyl (C=S) groups is 1. The van der Waals surface area contributed by atoms with Crippen molar-refractivity contribution in [3.8, 4) is 0 Å². The van der Waals surface area contributed by atoms with Crippen LogP contribution in [0.1, 0.15) is 37.0 Å². The van der Waals surface area contributed by atoms with E-state index in [2.05, 4.69) is 5.32 Å². The van der Waals surface area contributed by atoms with Gasteiger partial charge in [-0.1, -0.05) is 59.8 Å². The van der Waals surface area contributed by atoms with Crippen LogP contribution >= 0.6 is 35.6 Å². The first-order valence-corrected chi connectivity index (χ1v) is 13.2. The van der Waals surface area contributed by atoms with E-state index in [1.54, 1.807) is 24.4 Å². The molecule has 2 aromatic heterocycles. The largest absolute Gasteiger partial charge is 0.379 e. The average Bonchev–Trinajstić information content (AvgIpc) is 3.10. The first kappa shape index (κ1) is 26.3. The van der Waals surface area contributed by atoms with Crippen molar-refractivity contribution in [3.05, 3.63) is 79.6 Å². The van der Waals surface area contributed by atoms with E-state index in [4.69, 9.17) is 33.5 Å². The van der Waals surface area contributed by atoms with Crippen LogP contribution in [0.3, 0.4) is 0 Å². The molecule has 3 aromatic rings. The third-order valence-electron chi connectivity index (χ3n) is 5.58. The standard InChI is InChI=1S/C26H27ClN4O3S2/c1-16(2)34-13-7-11-28-22-19(24(32)30-12-6-8-17(3)23(30)29-22)14-21-25(33)31(26(35)36-21)15-18-9-4-5-10-20(18)27/h4-6,8-10,12,14,16,28H,7,11,13,15H2,1-3H3/b21-14-. The van der Waals surface area contributed by atoms with Crippen LogP contribution in [0.15, 0.2) is 52.3 Å². The highest BCUT2D eigenvalue weighted by atomic mass is 35.5. The van der Waals surface area contributed by atoms with Crippen LogP contribution in [0.4, 0.5) is 5.82 Å². The molecule has 1 aliphatic heterocycles. The Kier molecular flexibility index (Phi) is 8.46. The lowest BCUT2D eigenvalue weighted by Gasteiger charge is -2.15. The fourth-order valence-corrected chi connectivity index (χ4v) is 5.17. The summed E-state index contributed by atoms with van der Waals surface area (Å²) in [6.45, 7) is 7.30. The molecule has 1 saturated heterocycles. The number of nitrogens with one attached hydrogen (secondary N) is 1. The number of aryl methyl sites for hydroxylation is 1. The van der Waals surface area contributed by atoms with Gasteiger partial charge in [0.05, 0.1) is 23.1 Å². The first-order valence-electron chi connectivity index (χ1n) is 11.6. The van der Waals surface area contributed by atoms with Crippen molar-refractivity contribution in [1.29, 1.82) is 0 Å². The zero-order valence-corrected chi connectivity index (χ0v) is 22.7. The molecule has 0 radical (unpaired) electrons. The zero-order chi connectivity index (χ0) is 25.8. The third-order valence-corrected chi connectivity index (χ3v) is 7.33. The molecule has 1 aromatic carbocycles. The summed E-state index contributed by atoms with van der Waals surface area (Å²) in [5.74, 6) is 0.158. The molecule has 1 amide bonds. The Morgan fingerprint density at radius 1 is 1.22 bits per heavy atom. The van der Waals surface area contributed by atoms with Crippen LogP contribution in [0.25, 0.3) is 11.7 Å². The molecule has 0 unspecified atom stereocenters. The number of rotatable bonds is 9. The van der Waals surface area contributed by atoms with Crippen LogP contribution in [0, 0.1) is 6.92 Å². The van der Waals surface area contributed by atoms with Gasteiger partial charge in [0.25, 0.3) is 11.5 Å². The number of benzene rings is 1. The molecule has 188 valence electrons. The second kappa shape index (κ2) is 11.6. The number of thioether (sulfide) groups is 1. The van der Waals surface area contributed by atoms with E-state index < -0.39 is 0 Å². The first-order chi connectivity index (χ1) is 17.3. The molecule has 1 N–H and O–H groups in total. The van der Waals surface area contributed by atoms with E-state index in [0.717, 1.165) is 29.3 Å². The summed E-state index contributed by atoms with van der Waals surface area (Å²) in [6.07, 6.45) is 4.16. The third kappa shape index (κ3) is 5.81. The summed E-state index contributed by atoms with van der Waals surface area (Å²) in [6, 6.07) is 11.0. The monoisotopic (exact) mass is 542 g/mol. The maximum atomic E-state index is 13.5. The highest BCUT2D eigenvalue weighted by molar-refractivity contribution is 8.26. The predicted molar refractivity (Wildman–Crippen MR) is 151 cm³/mol. The minimum Gasteiger partial charge on any atom is -0.379 e. The predicted octanol–water partition coefficient (Wildman–Crippen LogP) is 5.28. The maximum absolute atomic E-state index is 13.5. The molecule has 4 rings (SSSR count). The van der Waals surface area contributed by atoms with Gasteiger partial charge in [0.15, 0.2) is 0 Å². The molecule has 0 bridgehead atoms. The summed E-state index contributed by atoms with van der Waals surface area (Å²) in [5, 5.41) is 3.84. The van der Waals surface area contributed by atoms with Crippen molar-refractivity contribution in [3.63, 3.8) is 0 Å². The molecule has 36 heavy (non-hydrogen) atoms. The minimum absolute atomic E-state index is 0.152. The summed E-state index contributed by atoms with van der Waals surface area (Å²) in [4.78, 5) is 33.4. The minimum atomic E-state index is -0.269. The molecular formula is C26H27ClN4O3S2. The SMILES string of the molecule is Cc1cccn2c(=O)c(/C=C3\SC(=S)N(Cc4ccccc4Cl)C3=O)c(NCCCOC(C)C)nc12. The number of hydrogen-bond donors (Lipinski definition) is 1. The van der Waals surface area contributed by atoms with E-state index in [9.17, 15) is 9.59 Å². The van der Waals surface area contributed by atoms with Gasteiger partial charge in [-0.25, -0.2) is 4.98 Å². The summed E-state index contributed by atoms with van der Waals surface area (Å²) >= 11 is 12.9. The van der Waals surface area contributed by atoms with Crippen molar-refractivity contribution in [2.45, 2.75) is 39.8 Å². The van der Waals surface area contributed by atoms with E-state index in [0.29, 0.717) is 44.4 Å². The van der Waals surface area contributed by atoms with Gasteiger partial charge in [-0.3, -0.25) is 18.9 Å². The zero-order valence-electron chi connectivity index (χ0n) is 20.3. The van der Waals surface area contributed by atoms with E-state index in [-0.39, 0.29) is 24.1 Å². The average molecular weight is 543 g/mol. The van der Waals surface area contributed by atoms with Crippen LogP contribution in [0.5, 0.6) is 0 Å². The summed E-state index contributed by atoms with van der Waals surface area (Å²) in [5.41, 5.74) is 2.28. The second-order valence-corrected chi connectivity index (χ2v) is 10.7. The fourth-order valence-electron chi connectivity index (χ4n) is 3.74. The van der Waals surface area contributed by atoms with Crippen molar-refractivity contribution >= 4 is 63.3 Å². The van der Waals surface area contributed by atoms with Gasteiger partial charge in [0, 0.05) is 24.4 Å². The number of halogens is 1. The van der Waals surface area contributed by atoms with E-state index >= 15 is 0 Å². The number of nitrogens with zero attached hydrogens (tertiary/aromatic N) is 3. The Hall–Kier alpha value is -2.72. The molecule has 7 nitrogen and oxygen atoms in total. The maximum Gasteiger partial charge on any atom is 0.267 e. The van der Waals surface area contributed by atoms with Gasteiger partial charge in [-0.05, 0) is 56.5 Å². The van der Waals surface area contributed by atoms with Gasteiger partial charge in [0.2, 0.25) is 0 Å². The molecular weight excluding hydrogens is 516 g/mol. The van der Waals surface area contributed by atoms with Crippen LogP contribution in [0.2, 0.25) is 5.02 Å². The number of pyridine rings is 1. The lowest BCUT2D eigenvalue weighted by atomic mass is 10.2. The number of aromatic nitrogens is 2. The van der Waals surface area contributed by atoms with Crippen LogP contribution in [-0.4, -0.2) is 43.8 Å². The normalized spacial score (nSPS) is 15.0. The Balaban J connectivity index is 1.67. The van der Waals surface area contributed by atoms with Gasteiger partial charge in [-0.15, -0.1) is 0 Å². The number of carbonyl (C=O) groups excluding carboxylic acids is 1. The van der Waals surface area contributed by atoms with Gasteiger partial charge < -0.3 is 10.1 Å². The summed E-state index contributed by atoms with van der Waals surface area (Å²) in [7, 11) is 0. The van der Waals surface area contributed by atoms with Crippen molar-refractivity contribution < 1.29 is 9.53 Å². The Labute approximate surface area is 224 Å². The molecule has 1 aliphatic rings. The highest BCUT2D eigenvalue weighted by Crippen LogP contribution is 2.35. The van der Waals surface area contributed by atoms with Gasteiger partial charge in [-0.2, -0.15) is 0 Å². The van der Waals surface area contributed by atoms with Crippen molar-refractivity contribution in [2.75, 3.05) is 18.5 Å². The summed E-state index contributed by atoms with van der Waals surface area (Å²) < 4.78 is 7.52. The molecule has 3 heterocycles. The molecule has 10 heteroatoms. The molecule has 0 atom stereocenters. The Morgan fingerprint density at radius 3 is 2.75 bits per heavy atom. The number of carbonyl (C=O) groups is 1. The number of fused-ring (bicyclic) bond motifs is 1. The number of amides is 1. The lowest BCUT2D eigenvalue weighted by Crippen LogP contribution is -2.27. The molecule has 0 aliphatic carbocycles.